The van der Waals surface area contributed by atoms with E-state index in [2.05, 4.69) is 10.5 Å². The molecule has 3 aromatic carbocycles. The van der Waals surface area contributed by atoms with Crippen molar-refractivity contribution in [2.24, 2.45) is 5.10 Å². The van der Waals surface area contributed by atoms with Crippen LogP contribution in [0.5, 0.6) is 11.5 Å². The number of ether oxygens (including phenoxy) is 2. The molecule has 0 fully saturated rings. The number of methoxy groups -OCH3 is 1. The fourth-order valence-electron chi connectivity index (χ4n) is 2.56. The van der Waals surface area contributed by atoms with Crippen molar-refractivity contribution in [1.82, 2.24) is 5.43 Å². The fraction of sp³-hybridized carbons (Fsp3) is 0.0909. The molecule has 3 aromatic rings. The molecule has 0 heterocycles. The molecule has 160 valence electrons. The van der Waals surface area contributed by atoms with E-state index in [1.165, 1.54) is 25.5 Å². The van der Waals surface area contributed by atoms with Crippen molar-refractivity contribution >= 4 is 58.5 Å². The van der Waals surface area contributed by atoms with Crippen molar-refractivity contribution in [2.75, 3.05) is 7.11 Å². The number of carbonyl (C=O) groups excluding carboxylic acids is 1. The summed E-state index contributed by atoms with van der Waals surface area (Å²) >= 11 is 24.1. The molecule has 5 nitrogen and oxygen atoms in total. The average Bonchev–Trinajstić information content (AvgIpc) is 2.75. The molecule has 3 rings (SSSR count). The molecule has 0 radical (unpaired) electrons. The maximum absolute atomic E-state index is 12.2. The quantitative estimate of drug-likeness (QED) is 0.293. The van der Waals surface area contributed by atoms with Crippen LogP contribution in [0.4, 0.5) is 0 Å². The predicted octanol–water partition coefficient (Wildman–Crippen LogP) is 6.65. The van der Waals surface area contributed by atoms with E-state index in [1.54, 1.807) is 30.3 Å². The topological polar surface area (TPSA) is 59.9 Å². The number of halogens is 4. The second kappa shape index (κ2) is 10.7. The fourth-order valence-corrected chi connectivity index (χ4v) is 3.26. The van der Waals surface area contributed by atoms with Crippen molar-refractivity contribution in [3.8, 4) is 11.5 Å². The highest BCUT2D eigenvalue weighted by atomic mass is 35.5. The first-order valence-electron chi connectivity index (χ1n) is 8.90. The summed E-state index contributed by atoms with van der Waals surface area (Å²) in [6.45, 7) is 0.292. The zero-order valence-electron chi connectivity index (χ0n) is 16.2. The third-order valence-electron chi connectivity index (χ3n) is 4.11. The predicted molar refractivity (Wildman–Crippen MR) is 125 cm³/mol. The molecule has 31 heavy (non-hydrogen) atoms. The van der Waals surface area contributed by atoms with Gasteiger partial charge < -0.3 is 9.47 Å². The van der Waals surface area contributed by atoms with Crippen LogP contribution in [-0.2, 0) is 6.61 Å². The maximum Gasteiger partial charge on any atom is 0.271 e. The van der Waals surface area contributed by atoms with Gasteiger partial charge in [-0.15, -0.1) is 0 Å². The van der Waals surface area contributed by atoms with Crippen LogP contribution in [0.2, 0.25) is 20.1 Å². The zero-order chi connectivity index (χ0) is 22.4. The maximum atomic E-state index is 12.2. The summed E-state index contributed by atoms with van der Waals surface area (Å²) in [6.07, 6.45) is 1.44. The van der Waals surface area contributed by atoms with Crippen LogP contribution in [0.3, 0.4) is 0 Å². The summed E-state index contributed by atoms with van der Waals surface area (Å²) in [5.74, 6) is 0.394. The first-order chi connectivity index (χ1) is 14.9. The average molecular weight is 498 g/mol. The molecule has 0 spiro atoms. The van der Waals surface area contributed by atoms with Gasteiger partial charge in [0.15, 0.2) is 11.5 Å². The summed E-state index contributed by atoms with van der Waals surface area (Å²) in [5, 5.41) is 5.58. The van der Waals surface area contributed by atoms with Crippen molar-refractivity contribution in [2.45, 2.75) is 6.61 Å². The molecule has 1 amide bonds. The Hall–Kier alpha value is -2.44. The van der Waals surface area contributed by atoms with Gasteiger partial charge in [0.25, 0.3) is 5.91 Å². The second-order valence-electron chi connectivity index (χ2n) is 6.28. The zero-order valence-corrected chi connectivity index (χ0v) is 19.2. The molecule has 0 aliphatic carbocycles. The van der Waals surface area contributed by atoms with Gasteiger partial charge >= 0.3 is 0 Å². The van der Waals surface area contributed by atoms with E-state index in [0.717, 1.165) is 5.56 Å². The number of hydrazone groups is 1. The lowest BCUT2D eigenvalue weighted by Crippen LogP contribution is -2.17. The highest BCUT2D eigenvalue weighted by Crippen LogP contribution is 2.36. The summed E-state index contributed by atoms with van der Waals surface area (Å²) in [5.41, 5.74) is 4.28. The van der Waals surface area contributed by atoms with Gasteiger partial charge in [0.05, 0.1) is 28.4 Å². The Labute approximate surface area is 199 Å². The van der Waals surface area contributed by atoms with E-state index in [1.807, 2.05) is 12.1 Å². The molecule has 0 aromatic heterocycles. The molecule has 0 saturated carbocycles. The smallest absolute Gasteiger partial charge is 0.271 e. The number of hydrogen-bond donors (Lipinski definition) is 1. The van der Waals surface area contributed by atoms with Gasteiger partial charge in [0.2, 0.25) is 0 Å². The minimum atomic E-state index is -0.434. The van der Waals surface area contributed by atoms with E-state index in [0.29, 0.717) is 44.3 Å². The Morgan fingerprint density at radius 2 is 1.71 bits per heavy atom. The number of benzene rings is 3. The SMILES string of the molecule is COc1cc(/C=N\NC(=O)c2ccc(Cl)c(Cl)c2)cc(Cl)c1OCc1ccc(Cl)cc1. The first kappa shape index (κ1) is 23.2. The number of carbonyl (C=O) groups is 1. The molecule has 9 heteroatoms. The number of rotatable bonds is 7. The molecule has 0 atom stereocenters. The third kappa shape index (κ3) is 6.28. The molecule has 0 aliphatic rings. The van der Waals surface area contributed by atoms with E-state index < -0.39 is 5.91 Å². The molecule has 0 unspecified atom stereocenters. The van der Waals surface area contributed by atoms with Crippen LogP contribution >= 0.6 is 46.4 Å². The van der Waals surface area contributed by atoms with Crippen molar-refractivity contribution in [3.05, 3.63) is 91.4 Å². The second-order valence-corrected chi connectivity index (χ2v) is 7.94. The number of amides is 1. The van der Waals surface area contributed by atoms with Gasteiger partial charge in [-0.1, -0.05) is 58.5 Å². The van der Waals surface area contributed by atoms with Crippen LogP contribution in [0.15, 0.2) is 59.7 Å². The van der Waals surface area contributed by atoms with E-state index in [4.69, 9.17) is 55.9 Å². The minimum Gasteiger partial charge on any atom is -0.493 e. The Kier molecular flexibility index (Phi) is 8.04. The highest BCUT2D eigenvalue weighted by Gasteiger charge is 2.12. The number of hydrogen-bond acceptors (Lipinski definition) is 4. The lowest BCUT2D eigenvalue weighted by Gasteiger charge is -2.13. The first-order valence-corrected chi connectivity index (χ1v) is 10.4. The summed E-state index contributed by atoms with van der Waals surface area (Å²) in [6, 6.07) is 15.2. The van der Waals surface area contributed by atoms with Gasteiger partial charge in [0, 0.05) is 10.6 Å². The Morgan fingerprint density at radius 1 is 0.968 bits per heavy atom. The Morgan fingerprint density at radius 3 is 2.39 bits per heavy atom. The Bertz CT molecular complexity index is 1120. The highest BCUT2D eigenvalue weighted by molar-refractivity contribution is 6.42. The normalized spacial score (nSPS) is 10.9. The van der Waals surface area contributed by atoms with Crippen molar-refractivity contribution < 1.29 is 14.3 Å². The van der Waals surface area contributed by atoms with Crippen LogP contribution in [0.1, 0.15) is 21.5 Å². The van der Waals surface area contributed by atoms with E-state index >= 15 is 0 Å². The largest absolute Gasteiger partial charge is 0.493 e. The van der Waals surface area contributed by atoms with Crippen molar-refractivity contribution in [1.29, 1.82) is 0 Å². The number of nitrogens with zero attached hydrogens (tertiary/aromatic N) is 1. The van der Waals surface area contributed by atoms with Crippen LogP contribution in [0, 0.1) is 0 Å². The van der Waals surface area contributed by atoms with Gasteiger partial charge in [-0.05, 0) is 53.6 Å². The van der Waals surface area contributed by atoms with E-state index in [-0.39, 0.29) is 5.02 Å². The summed E-state index contributed by atoms with van der Waals surface area (Å²) in [7, 11) is 1.51. The third-order valence-corrected chi connectivity index (χ3v) is 5.38. The van der Waals surface area contributed by atoms with Gasteiger partial charge in [-0.25, -0.2) is 5.43 Å². The van der Waals surface area contributed by atoms with Gasteiger partial charge in [-0.3, -0.25) is 4.79 Å². The van der Waals surface area contributed by atoms with Crippen LogP contribution < -0.4 is 14.9 Å². The number of nitrogens with one attached hydrogen (secondary N) is 1. The molecule has 0 aliphatic heterocycles. The summed E-state index contributed by atoms with van der Waals surface area (Å²) < 4.78 is 11.2. The molecule has 0 saturated heterocycles. The lowest BCUT2D eigenvalue weighted by molar-refractivity contribution is 0.0955. The molecular weight excluding hydrogens is 482 g/mol. The van der Waals surface area contributed by atoms with Crippen LogP contribution in [-0.4, -0.2) is 19.2 Å². The van der Waals surface area contributed by atoms with Gasteiger partial charge in [-0.2, -0.15) is 5.10 Å². The molecule has 1 N–H and O–H groups in total. The molecular formula is C22H16Cl4N2O3. The summed E-state index contributed by atoms with van der Waals surface area (Å²) in [4.78, 5) is 12.2. The lowest BCUT2D eigenvalue weighted by atomic mass is 10.2. The standard InChI is InChI=1S/C22H16Cl4N2O3/c1-30-20-9-14(11-27-28-22(29)15-4-7-17(24)18(25)10-15)8-19(26)21(20)31-12-13-2-5-16(23)6-3-13/h2-11H,12H2,1H3,(H,28,29)/b27-11-. The minimum absolute atomic E-state index is 0.281. The molecule has 0 bridgehead atoms. The monoisotopic (exact) mass is 496 g/mol. The van der Waals surface area contributed by atoms with Crippen molar-refractivity contribution in [3.63, 3.8) is 0 Å². The van der Waals surface area contributed by atoms with Crippen LogP contribution in [0.25, 0.3) is 0 Å². The van der Waals surface area contributed by atoms with Gasteiger partial charge in [0.1, 0.15) is 6.61 Å². The van der Waals surface area contributed by atoms with E-state index in [9.17, 15) is 4.79 Å². The Balaban J connectivity index is 1.69.